The zero-order valence-corrected chi connectivity index (χ0v) is 16.2. The van der Waals surface area contributed by atoms with Gasteiger partial charge in [-0.15, -0.1) is 0 Å². The van der Waals surface area contributed by atoms with E-state index in [0.29, 0.717) is 19.3 Å². The molecule has 0 saturated carbocycles. The molecule has 0 heterocycles. The van der Waals surface area contributed by atoms with Gasteiger partial charge in [0.1, 0.15) is 11.5 Å². The molecule has 3 N–H and O–H groups in total. The highest BCUT2D eigenvalue weighted by atomic mass is 16.3. The van der Waals surface area contributed by atoms with Gasteiger partial charge in [0, 0.05) is 18.3 Å². The highest BCUT2D eigenvalue weighted by Crippen LogP contribution is 2.47. The molecule has 0 bridgehead atoms. The van der Waals surface area contributed by atoms with Crippen LogP contribution in [0.4, 0.5) is 0 Å². The number of hydrogen-bond donors (Lipinski definition) is 3. The van der Waals surface area contributed by atoms with E-state index in [0.717, 1.165) is 19.3 Å². The molecule has 0 saturated heterocycles. The average Bonchev–Trinajstić information content (AvgIpc) is 2.63. The van der Waals surface area contributed by atoms with E-state index in [1.807, 2.05) is 0 Å². The summed E-state index contributed by atoms with van der Waals surface area (Å²) in [7, 11) is 0. The van der Waals surface area contributed by atoms with Crippen molar-refractivity contribution < 1.29 is 22.2 Å². The van der Waals surface area contributed by atoms with Crippen molar-refractivity contribution in [3.8, 4) is 11.5 Å². The Bertz CT molecular complexity index is 770. The molecule has 0 aromatic heterocycles. The lowest BCUT2D eigenvalue weighted by molar-refractivity contribution is 0.00421. The number of hydrogen-bond acceptors (Lipinski definition) is 3. The van der Waals surface area contributed by atoms with Gasteiger partial charge >= 0.3 is 0 Å². The maximum atomic E-state index is 10.8. The maximum absolute atomic E-state index is 10.8. The number of allylic oxidation sites excluding steroid dienone is 2. The standard InChI is InChI=1S/C23H36O3/c1-5-6-7-8-9-10-17-14-20(24)22(21(25)15-17)18-13-16(2)11-12-19(18)23(3,4)26/h13-15,18-19,24-26H,5-12H2,1-4H3/t18?,19-/m0/s1/i2D3,10D2. The second-order valence-corrected chi connectivity index (χ2v) is 7.93. The summed E-state index contributed by atoms with van der Waals surface area (Å²) in [6.45, 7) is 3.07. The monoisotopic (exact) mass is 365 g/mol. The van der Waals surface area contributed by atoms with Crippen LogP contribution in [-0.4, -0.2) is 20.9 Å². The lowest BCUT2D eigenvalue weighted by Crippen LogP contribution is -2.36. The quantitative estimate of drug-likeness (QED) is 0.402. The Labute approximate surface area is 165 Å². The number of aryl methyl sites for hydroxylation is 1. The van der Waals surface area contributed by atoms with Crippen LogP contribution in [0.15, 0.2) is 23.8 Å². The minimum Gasteiger partial charge on any atom is -0.507 e. The third-order valence-electron chi connectivity index (χ3n) is 5.28. The Kier molecular flexibility index (Phi) is 5.01. The molecule has 1 aromatic rings. The number of aliphatic hydroxyl groups is 1. The van der Waals surface area contributed by atoms with Crippen LogP contribution in [0.1, 0.15) is 96.5 Å². The van der Waals surface area contributed by atoms with E-state index < -0.39 is 30.7 Å². The molecule has 1 aliphatic rings. The number of benzene rings is 1. The fraction of sp³-hybridized carbons (Fsp3) is 0.652. The highest BCUT2D eigenvalue weighted by molar-refractivity contribution is 5.51. The third kappa shape index (κ3) is 5.26. The number of aromatic hydroxyl groups is 2. The summed E-state index contributed by atoms with van der Waals surface area (Å²) < 4.78 is 40.0. The molecule has 2 atom stereocenters. The molecule has 0 fully saturated rings. The third-order valence-corrected chi connectivity index (χ3v) is 5.28. The first-order valence-corrected chi connectivity index (χ1v) is 9.68. The molecule has 146 valence electrons. The van der Waals surface area contributed by atoms with E-state index in [-0.39, 0.29) is 34.6 Å². The van der Waals surface area contributed by atoms with Gasteiger partial charge in [-0.3, -0.25) is 0 Å². The van der Waals surface area contributed by atoms with E-state index in [2.05, 4.69) is 6.92 Å². The number of rotatable bonds is 8. The first-order valence-electron chi connectivity index (χ1n) is 12.2. The summed E-state index contributed by atoms with van der Waals surface area (Å²) in [6.07, 6.45) is 4.53. The minimum atomic E-state index is -2.29. The van der Waals surface area contributed by atoms with Crippen LogP contribution >= 0.6 is 0 Å². The molecule has 1 aliphatic carbocycles. The Balaban J connectivity index is 2.46. The van der Waals surface area contributed by atoms with Gasteiger partial charge in [0.25, 0.3) is 0 Å². The fourth-order valence-electron chi connectivity index (χ4n) is 3.84. The van der Waals surface area contributed by atoms with E-state index >= 15 is 0 Å². The van der Waals surface area contributed by atoms with Crippen LogP contribution < -0.4 is 0 Å². The van der Waals surface area contributed by atoms with Crippen LogP contribution in [0.2, 0.25) is 0 Å². The predicted molar refractivity (Wildman–Crippen MR) is 108 cm³/mol. The van der Waals surface area contributed by atoms with Gasteiger partial charge in [-0.2, -0.15) is 0 Å². The highest BCUT2D eigenvalue weighted by Gasteiger charge is 2.38. The molecule has 1 unspecified atom stereocenters. The van der Waals surface area contributed by atoms with Crippen LogP contribution in [-0.2, 0) is 6.37 Å². The van der Waals surface area contributed by atoms with Crippen LogP contribution in [0.5, 0.6) is 11.5 Å². The first kappa shape index (κ1) is 14.6. The Morgan fingerprint density at radius 3 is 2.38 bits per heavy atom. The zero-order chi connectivity index (χ0) is 23.6. The summed E-state index contributed by atoms with van der Waals surface area (Å²) in [5.74, 6) is -1.68. The summed E-state index contributed by atoms with van der Waals surface area (Å²) in [4.78, 5) is 0. The largest absolute Gasteiger partial charge is 0.507 e. The van der Waals surface area contributed by atoms with Crippen molar-refractivity contribution in [2.75, 3.05) is 0 Å². The van der Waals surface area contributed by atoms with Crippen LogP contribution in [0.25, 0.3) is 0 Å². The normalized spacial score (nSPS) is 24.8. The molecule has 0 radical (unpaired) electrons. The minimum absolute atomic E-state index is 0.138. The van der Waals surface area contributed by atoms with Crippen LogP contribution in [0, 0.1) is 5.92 Å². The van der Waals surface area contributed by atoms with Crippen molar-refractivity contribution in [3.05, 3.63) is 34.9 Å². The fourth-order valence-corrected chi connectivity index (χ4v) is 3.84. The molecular formula is C23H36O3. The smallest absolute Gasteiger partial charge is 0.123 e. The number of phenols is 2. The molecule has 3 nitrogen and oxygen atoms in total. The zero-order valence-electron chi connectivity index (χ0n) is 21.2. The Morgan fingerprint density at radius 1 is 1.15 bits per heavy atom. The van der Waals surface area contributed by atoms with Gasteiger partial charge in [-0.1, -0.05) is 44.3 Å². The summed E-state index contributed by atoms with van der Waals surface area (Å²) in [5.41, 5.74) is -0.586. The molecule has 0 amide bonds. The van der Waals surface area contributed by atoms with E-state index in [1.54, 1.807) is 13.8 Å². The molecule has 0 aliphatic heterocycles. The van der Waals surface area contributed by atoms with Gasteiger partial charge in [0.2, 0.25) is 0 Å². The molecular weight excluding hydrogens is 324 g/mol. The Hall–Kier alpha value is -1.48. The number of phenolic OH excluding ortho intramolecular Hbond substituents is 2. The molecule has 1 aromatic carbocycles. The van der Waals surface area contributed by atoms with Gasteiger partial charge in [-0.25, -0.2) is 0 Å². The Morgan fingerprint density at radius 2 is 1.81 bits per heavy atom. The van der Waals surface area contributed by atoms with Gasteiger partial charge in [0.05, 0.1) is 5.60 Å². The average molecular weight is 366 g/mol. The van der Waals surface area contributed by atoms with Crippen molar-refractivity contribution in [2.24, 2.45) is 5.92 Å². The van der Waals surface area contributed by atoms with E-state index in [4.69, 9.17) is 6.85 Å². The van der Waals surface area contributed by atoms with Crippen LogP contribution in [0.3, 0.4) is 0 Å². The molecule has 2 rings (SSSR count). The number of unbranched alkanes of at least 4 members (excludes halogenated alkanes) is 3. The maximum Gasteiger partial charge on any atom is 0.123 e. The van der Waals surface area contributed by atoms with E-state index in [1.165, 1.54) is 18.2 Å². The predicted octanol–water partition coefficient (Wildman–Crippen LogP) is 5.82. The van der Waals surface area contributed by atoms with E-state index in [9.17, 15) is 15.3 Å². The molecule has 26 heavy (non-hydrogen) atoms. The second-order valence-electron chi connectivity index (χ2n) is 7.93. The van der Waals surface area contributed by atoms with Gasteiger partial charge in [0.15, 0.2) is 0 Å². The van der Waals surface area contributed by atoms with Gasteiger partial charge < -0.3 is 15.3 Å². The lowest BCUT2D eigenvalue weighted by Gasteiger charge is -2.38. The summed E-state index contributed by atoms with van der Waals surface area (Å²) in [5, 5.41) is 32.3. The van der Waals surface area contributed by atoms with Crippen molar-refractivity contribution in [2.45, 2.75) is 90.5 Å². The van der Waals surface area contributed by atoms with Crippen molar-refractivity contribution in [1.82, 2.24) is 0 Å². The molecule has 0 spiro atoms. The first-order chi connectivity index (χ1) is 14.2. The summed E-state index contributed by atoms with van der Waals surface area (Å²) >= 11 is 0. The van der Waals surface area contributed by atoms with Crippen molar-refractivity contribution >= 4 is 0 Å². The topological polar surface area (TPSA) is 60.7 Å². The summed E-state index contributed by atoms with van der Waals surface area (Å²) in [6, 6.07) is 2.65. The SMILES string of the molecule is [2H]C([2H])([2H])C1=CC(c2c(O)cc(C([2H])([2H])CCCCCC)cc2O)[C@@H](C(C)(C)O)CC1. The molecule has 3 heteroatoms. The van der Waals surface area contributed by atoms with Gasteiger partial charge in [-0.05, 0) is 69.9 Å². The van der Waals surface area contributed by atoms with Crippen molar-refractivity contribution in [3.63, 3.8) is 0 Å². The lowest BCUT2D eigenvalue weighted by atomic mass is 9.69. The second kappa shape index (κ2) is 8.94. The van der Waals surface area contributed by atoms with Crippen molar-refractivity contribution in [1.29, 1.82) is 0 Å².